The van der Waals surface area contributed by atoms with Crippen LogP contribution in [-0.2, 0) is 9.59 Å². The number of carbonyl (C=O) groups excluding carboxylic acids is 2. The fourth-order valence-corrected chi connectivity index (χ4v) is 4.89. The molecule has 1 aromatic rings. The molecule has 0 radical (unpaired) electrons. The molecule has 0 aromatic heterocycles. The van der Waals surface area contributed by atoms with Gasteiger partial charge in [0.2, 0.25) is 11.8 Å². The Morgan fingerprint density at radius 3 is 2.51 bits per heavy atom. The second-order valence-electron chi connectivity index (χ2n) is 9.32. The third-order valence-electron chi connectivity index (χ3n) is 7.28. The van der Waals surface area contributed by atoms with E-state index >= 15 is 0 Å². The Morgan fingerprint density at radius 1 is 1.26 bits per heavy atom. The van der Waals surface area contributed by atoms with Crippen LogP contribution in [0.5, 0.6) is 5.75 Å². The van der Waals surface area contributed by atoms with E-state index in [4.69, 9.17) is 10.5 Å². The van der Waals surface area contributed by atoms with Crippen molar-refractivity contribution < 1.29 is 36.3 Å². The molecule has 2 unspecified atom stereocenters. The minimum Gasteiger partial charge on any atom is -0.480 e. The van der Waals surface area contributed by atoms with E-state index in [1.165, 1.54) is 18.2 Å². The number of nitrogens with two attached hydrogens (primary N) is 1. The lowest BCUT2D eigenvalue weighted by Gasteiger charge is -2.36. The van der Waals surface area contributed by atoms with E-state index < -0.39 is 66.4 Å². The maximum absolute atomic E-state index is 14.6. The van der Waals surface area contributed by atoms with Crippen molar-refractivity contribution in [3.8, 4) is 5.75 Å². The predicted molar refractivity (Wildman–Crippen MR) is 116 cm³/mol. The van der Waals surface area contributed by atoms with Gasteiger partial charge in [0, 0.05) is 18.5 Å². The molecule has 4 rings (SSSR count). The van der Waals surface area contributed by atoms with Gasteiger partial charge < -0.3 is 15.8 Å². The molecule has 2 amide bonds. The normalized spacial score (nSPS) is 29.1. The minimum absolute atomic E-state index is 0.0214. The van der Waals surface area contributed by atoms with Crippen molar-refractivity contribution in [2.24, 2.45) is 22.6 Å². The van der Waals surface area contributed by atoms with E-state index in [-0.39, 0.29) is 23.7 Å². The number of benzene rings is 1. The van der Waals surface area contributed by atoms with Crippen LogP contribution in [0.15, 0.2) is 29.3 Å². The molecule has 1 fully saturated rings. The number of nitrogens with one attached hydrogen (secondary N) is 1. The van der Waals surface area contributed by atoms with Crippen molar-refractivity contribution in [3.05, 3.63) is 29.8 Å². The van der Waals surface area contributed by atoms with E-state index in [2.05, 4.69) is 10.3 Å². The number of hydrogen-bond donors (Lipinski definition) is 2. The third kappa shape index (κ3) is 4.54. The van der Waals surface area contributed by atoms with Crippen molar-refractivity contribution in [1.29, 1.82) is 0 Å². The summed E-state index contributed by atoms with van der Waals surface area (Å²) in [6.07, 6.45) is -6.39. The first-order valence-electron chi connectivity index (χ1n) is 11.5. The van der Waals surface area contributed by atoms with E-state index in [9.17, 15) is 31.5 Å². The lowest BCUT2D eigenvalue weighted by Crippen LogP contribution is -2.52. The summed E-state index contributed by atoms with van der Waals surface area (Å²) in [5.41, 5.74) is 5.53. The van der Waals surface area contributed by atoms with Crippen LogP contribution in [0, 0.1) is 11.8 Å². The van der Waals surface area contributed by atoms with Crippen LogP contribution in [0.3, 0.4) is 0 Å². The molecule has 1 aliphatic carbocycles. The van der Waals surface area contributed by atoms with Crippen LogP contribution in [-0.4, -0.2) is 53.0 Å². The smallest absolute Gasteiger partial charge is 0.425 e. The number of nitrogens with zero attached hydrogens (tertiary/aromatic N) is 2. The summed E-state index contributed by atoms with van der Waals surface area (Å²) in [5.74, 6) is -8.53. The second kappa shape index (κ2) is 8.63. The van der Waals surface area contributed by atoms with Crippen LogP contribution in [0.2, 0.25) is 0 Å². The van der Waals surface area contributed by atoms with Crippen molar-refractivity contribution in [2.75, 3.05) is 6.54 Å². The Hall–Kier alpha value is -2.92. The number of amides is 2. The fourth-order valence-electron chi connectivity index (χ4n) is 4.89. The fraction of sp³-hybridized carbons (Fsp3) is 0.609. The maximum Gasteiger partial charge on any atom is 0.425 e. The average molecular weight is 502 g/mol. The van der Waals surface area contributed by atoms with Gasteiger partial charge in [-0.1, -0.05) is 32.0 Å². The minimum atomic E-state index is -4.69. The maximum atomic E-state index is 14.6. The first kappa shape index (κ1) is 25.2. The highest BCUT2D eigenvalue weighted by Gasteiger charge is 2.72. The zero-order valence-corrected chi connectivity index (χ0v) is 19.2. The number of halogens is 5. The molecular formula is C23H27F5N4O3. The number of aliphatic imine (C=N–C) groups is 1. The Morgan fingerprint density at radius 2 is 1.91 bits per heavy atom. The molecule has 0 spiro atoms. The first-order chi connectivity index (χ1) is 16.3. The van der Waals surface area contributed by atoms with Gasteiger partial charge in [0.15, 0.2) is 12.1 Å². The summed E-state index contributed by atoms with van der Waals surface area (Å²) >= 11 is 0. The van der Waals surface area contributed by atoms with Crippen LogP contribution in [0.25, 0.3) is 0 Å². The van der Waals surface area contributed by atoms with E-state index in [0.717, 1.165) is 4.90 Å². The van der Waals surface area contributed by atoms with E-state index in [1.54, 1.807) is 6.07 Å². The van der Waals surface area contributed by atoms with Crippen molar-refractivity contribution in [2.45, 2.75) is 69.3 Å². The second-order valence-corrected chi connectivity index (χ2v) is 9.32. The molecule has 2 heterocycles. The Bertz CT molecular complexity index is 1040. The molecule has 35 heavy (non-hydrogen) atoms. The van der Waals surface area contributed by atoms with Crippen molar-refractivity contribution >= 4 is 17.8 Å². The van der Waals surface area contributed by atoms with Crippen LogP contribution >= 0.6 is 0 Å². The molecule has 2 aliphatic heterocycles. The molecule has 1 aromatic carbocycles. The molecule has 7 nitrogen and oxygen atoms in total. The van der Waals surface area contributed by atoms with Gasteiger partial charge in [-0.25, -0.2) is 13.8 Å². The SMILES string of the molecule is CCC1(CC)CC(=O)N(CC2C(C(=O)N[C@H]3C[C@H](C(F)(F)F)Oc4ccccc43)C2(F)F)C(N)=N1. The molecule has 3 aliphatic rings. The van der Waals surface area contributed by atoms with Crippen LogP contribution in [0.4, 0.5) is 22.0 Å². The number of ether oxygens (including phenoxy) is 1. The predicted octanol–water partition coefficient (Wildman–Crippen LogP) is 3.54. The molecular weight excluding hydrogens is 475 g/mol. The number of guanidine groups is 1. The van der Waals surface area contributed by atoms with Crippen LogP contribution in [0.1, 0.15) is 51.1 Å². The number of para-hydroxylation sites is 1. The van der Waals surface area contributed by atoms with Gasteiger partial charge in [0.25, 0.3) is 5.92 Å². The number of fused-ring (bicyclic) bond motifs is 1. The Labute approximate surface area is 198 Å². The van der Waals surface area contributed by atoms with Gasteiger partial charge in [-0.05, 0) is 18.9 Å². The summed E-state index contributed by atoms with van der Waals surface area (Å²) in [6.45, 7) is 3.21. The number of alkyl halides is 5. The number of carbonyl (C=O) groups is 2. The van der Waals surface area contributed by atoms with Gasteiger partial charge >= 0.3 is 6.18 Å². The molecule has 12 heteroatoms. The summed E-state index contributed by atoms with van der Waals surface area (Å²) < 4.78 is 74.3. The van der Waals surface area contributed by atoms with Gasteiger partial charge in [-0.15, -0.1) is 0 Å². The molecule has 3 N–H and O–H groups in total. The molecule has 0 saturated heterocycles. The van der Waals surface area contributed by atoms with Crippen LogP contribution < -0.4 is 15.8 Å². The highest BCUT2D eigenvalue weighted by Crippen LogP contribution is 2.56. The lowest BCUT2D eigenvalue weighted by molar-refractivity contribution is -0.201. The average Bonchev–Trinajstić information content (AvgIpc) is 3.35. The summed E-state index contributed by atoms with van der Waals surface area (Å²) in [7, 11) is 0. The summed E-state index contributed by atoms with van der Waals surface area (Å²) in [6, 6.07) is 4.69. The highest BCUT2D eigenvalue weighted by atomic mass is 19.4. The zero-order chi connectivity index (χ0) is 25.8. The van der Waals surface area contributed by atoms with E-state index in [0.29, 0.717) is 12.8 Å². The third-order valence-corrected chi connectivity index (χ3v) is 7.28. The zero-order valence-electron chi connectivity index (χ0n) is 19.2. The summed E-state index contributed by atoms with van der Waals surface area (Å²) in [5, 5.41) is 2.35. The number of hydrogen-bond acceptors (Lipinski definition) is 5. The molecule has 1 saturated carbocycles. The quantitative estimate of drug-likeness (QED) is 0.582. The lowest BCUT2D eigenvalue weighted by atomic mass is 9.88. The first-order valence-corrected chi connectivity index (χ1v) is 11.5. The Kier molecular flexibility index (Phi) is 6.21. The number of rotatable bonds is 6. The molecule has 0 bridgehead atoms. The highest BCUT2D eigenvalue weighted by molar-refractivity contribution is 5.99. The van der Waals surface area contributed by atoms with Crippen molar-refractivity contribution in [3.63, 3.8) is 0 Å². The summed E-state index contributed by atoms with van der Waals surface area (Å²) in [4.78, 5) is 30.8. The van der Waals surface area contributed by atoms with Gasteiger partial charge in [-0.3, -0.25) is 14.5 Å². The van der Waals surface area contributed by atoms with Gasteiger partial charge in [0.05, 0.1) is 23.9 Å². The topological polar surface area (TPSA) is 97.0 Å². The van der Waals surface area contributed by atoms with Crippen molar-refractivity contribution in [1.82, 2.24) is 10.2 Å². The van der Waals surface area contributed by atoms with Gasteiger partial charge in [-0.2, -0.15) is 13.2 Å². The Balaban J connectivity index is 1.49. The monoisotopic (exact) mass is 502 g/mol. The van der Waals surface area contributed by atoms with E-state index in [1.807, 2.05) is 13.8 Å². The molecule has 4 atom stereocenters. The molecule has 192 valence electrons. The van der Waals surface area contributed by atoms with Gasteiger partial charge in [0.1, 0.15) is 11.7 Å². The standard InChI is InChI=1S/C23H27F5N4O3/c1-3-21(4-2)10-17(33)32(20(29)31-21)11-13-18(22(13,24)25)19(34)30-14-9-16(23(26,27)28)35-15-8-6-5-7-12(14)15/h5-8,13-14,16,18H,3-4,9-11H2,1-2H3,(H2,29,31)(H,30,34)/t13?,14-,16+,18?/m0/s1. The largest absolute Gasteiger partial charge is 0.480 e.